The Balaban J connectivity index is 2.06. The van der Waals surface area contributed by atoms with Gasteiger partial charge in [-0.2, -0.15) is 0 Å². The number of carbonyl (C=O) groups is 1. The van der Waals surface area contributed by atoms with E-state index in [1.807, 2.05) is 48.8 Å². The zero-order valence-electron chi connectivity index (χ0n) is 12.7. The van der Waals surface area contributed by atoms with Gasteiger partial charge in [-0.15, -0.1) is 0 Å². The second-order valence-corrected chi connectivity index (χ2v) is 5.55. The molecule has 0 fully saturated rings. The molecule has 0 unspecified atom stereocenters. The highest BCUT2D eigenvalue weighted by atomic mass is 16.1. The van der Waals surface area contributed by atoms with Gasteiger partial charge >= 0.3 is 0 Å². The van der Waals surface area contributed by atoms with Crippen LogP contribution in [-0.2, 0) is 10.2 Å². The number of aromatic nitrogens is 2. The average molecular weight is 293 g/mol. The first kappa shape index (κ1) is 14.2. The number of rotatable bonds is 4. The van der Waals surface area contributed by atoms with Crippen molar-refractivity contribution in [2.75, 3.05) is 5.32 Å². The van der Waals surface area contributed by atoms with Crippen LogP contribution in [0.2, 0.25) is 0 Å². The van der Waals surface area contributed by atoms with Crippen LogP contribution in [0.5, 0.6) is 0 Å². The molecule has 0 bridgehead atoms. The van der Waals surface area contributed by atoms with E-state index in [0.29, 0.717) is 0 Å². The van der Waals surface area contributed by atoms with Gasteiger partial charge in [0.05, 0.1) is 5.41 Å². The summed E-state index contributed by atoms with van der Waals surface area (Å²) >= 11 is 0. The number of benzene rings is 1. The predicted molar refractivity (Wildman–Crippen MR) is 87.9 cm³/mol. The van der Waals surface area contributed by atoms with Gasteiger partial charge in [0.15, 0.2) is 0 Å². The van der Waals surface area contributed by atoms with E-state index in [4.69, 9.17) is 0 Å². The smallest absolute Gasteiger partial charge is 0.221 e. The van der Waals surface area contributed by atoms with Crippen LogP contribution >= 0.6 is 0 Å². The summed E-state index contributed by atoms with van der Waals surface area (Å²) < 4.78 is 0. The van der Waals surface area contributed by atoms with Gasteiger partial charge in [-0.25, -0.2) is 0 Å². The van der Waals surface area contributed by atoms with Crippen molar-refractivity contribution >= 4 is 11.6 Å². The number of aromatic amines is 2. The van der Waals surface area contributed by atoms with Crippen molar-refractivity contribution in [3.8, 4) is 0 Å². The second-order valence-electron chi connectivity index (χ2n) is 5.55. The number of carbonyl (C=O) groups excluding carboxylic acids is 1. The van der Waals surface area contributed by atoms with Crippen LogP contribution in [-0.4, -0.2) is 15.9 Å². The first-order chi connectivity index (χ1) is 10.6. The van der Waals surface area contributed by atoms with Crippen LogP contribution in [0.4, 0.5) is 5.69 Å². The molecule has 4 heteroatoms. The van der Waals surface area contributed by atoms with Crippen molar-refractivity contribution in [2.24, 2.45) is 0 Å². The molecule has 3 rings (SSSR count). The summed E-state index contributed by atoms with van der Waals surface area (Å²) in [6, 6.07) is 16.1. The van der Waals surface area contributed by atoms with E-state index in [-0.39, 0.29) is 11.3 Å². The molecule has 4 nitrogen and oxygen atoms in total. The molecule has 0 radical (unpaired) electrons. The molecule has 0 aliphatic carbocycles. The Morgan fingerprint density at radius 3 is 1.91 bits per heavy atom. The fourth-order valence-electron chi connectivity index (χ4n) is 2.83. The summed E-state index contributed by atoms with van der Waals surface area (Å²) in [4.78, 5) is 17.8. The molecule has 0 saturated heterocycles. The van der Waals surface area contributed by atoms with Crippen LogP contribution in [0.3, 0.4) is 0 Å². The van der Waals surface area contributed by atoms with Gasteiger partial charge in [-0.3, -0.25) is 4.79 Å². The van der Waals surface area contributed by atoms with Gasteiger partial charge in [-0.1, -0.05) is 12.1 Å². The van der Waals surface area contributed by atoms with E-state index in [9.17, 15) is 4.79 Å². The Labute approximate surface area is 129 Å². The molecule has 1 aromatic carbocycles. The van der Waals surface area contributed by atoms with Gasteiger partial charge < -0.3 is 15.3 Å². The van der Waals surface area contributed by atoms with Crippen molar-refractivity contribution in [3.05, 3.63) is 77.9 Å². The molecule has 112 valence electrons. The molecule has 3 aromatic rings. The quantitative estimate of drug-likeness (QED) is 0.675. The molecule has 2 aromatic heterocycles. The van der Waals surface area contributed by atoms with Crippen LogP contribution in [0.25, 0.3) is 0 Å². The largest absolute Gasteiger partial charge is 0.364 e. The van der Waals surface area contributed by atoms with E-state index in [1.54, 1.807) is 0 Å². The lowest BCUT2D eigenvalue weighted by Gasteiger charge is -2.29. The van der Waals surface area contributed by atoms with Gasteiger partial charge in [0, 0.05) is 36.4 Å². The lowest BCUT2D eigenvalue weighted by Crippen LogP contribution is -2.26. The maximum atomic E-state index is 11.1. The molecule has 2 heterocycles. The fraction of sp³-hybridized carbons (Fsp3) is 0.167. The Morgan fingerprint density at radius 2 is 1.50 bits per heavy atom. The SMILES string of the molecule is CC(=O)Nc1ccc(C(C)(c2ccc[nH]2)c2ccc[nH]2)cc1. The number of anilines is 1. The number of nitrogens with one attached hydrogen (secondary N) is 3. The van der Waals surface area contributed by atoms with Crippen molar-refractivity contribution in [2.45, 2.75) is 19.3 Å². The Bertz CT molecular complexity index is 706. The predicted octanol–water partition coefficient (Wildman–Crippen LogP) is 3.66. The molecule has 1 amide bonds. The zero-order valence-corrected chi connectivity index (χ0v) is 12.7. The lowest BCUT2D eigenvalue weighted by atomic mass is 9.76. The van der Waals surface area contributed by atoms with Gasteiger partial charge in [0.1, 0.15) is 0 Å². The molecule has 3 N–H and O–H groups in total. The summed E-state index contributed by atoms with van der Waals surface area (Å²) in [7, 11) is 0. The normalized spacial score (nSPS) is 11.4. The third-order valence-electron chi connectivity index (χ3n) is 4.06. The minimum absolute atomic E-state index is 0.0655. The number of hydrogen-bond donors (Lipinski definition) is 3. The zero-order chi connectivity index (χ0) is 15.6. The topological polar surface area (TPSA) is 60.7 Å². The van der Waals surface area contributed by atoms with Crippen molar-refractivity contribution < 1.29 is 4.79 Å². The number of amides is 1. The minimum Gasteiger partial charge on any atom is -0.364 e. The molecular weight excluding hydrogens is 274 g/mol. The third kappa shape index (κ3) is 2.44. The van der Waals surface area contributed by atoms with Crippen molar-refractivity contribution in [1.82, 2.24) is 9.97 Å². The molecule has 0 spiro atoms. The summed E-state index contributed by atoms with van der Waals surface area (Å²) in [6.45, 7) is 3.69. The third-order valence-corrected chi connectivity index (χ3v) is 4.06. The molecule has 0 aliphatic heterocycles. The Morgan fingerprint density at radius 1 is 0.955 bits per heavy atom. The summed E-state index contributed by atoms with van der Waals surface area (Å²) in [6.07, 6.45) is 3.87. The molecular formula is C18H19N3O. The lowest BCUT2D eigenvalue weighted by molar-refractivity contribution is -0.114. The van der Waals surface area contributed by atoms with E-state index in [2.05, 4.69) is 34.3 Å². The first-order valence-corrected chi connectivity index (χ1v) is 7.26. The van der Waals surface area contributed by atoms with E-state index in [0.717, 1.165) is 22.6 Å². The van der Waals surface area contributed by atoms with Crippen LogP contribution in [0.15, 0.2) is 60.9 Å². The van der Waals surface area contributed by atoms with E-state index in [1.165, 1.54) is 6.92 Å². The molecule has 0 atom stereocenters. The standard InChI is InChI=1S/C18H19N3O/c1-13(22)21-15-9-7-14(8-10-15)18(2,16-5-3-11-19-16)17-6-4-12-20-17/h3-12,19-20H,1-2H3,(H,21,22). The van der Waals surface area contributed by atoms with Gasteiger partial charge in [0.25, 0.3) is 0 Å². The van der Waals surface area contributed by atoms with Crippen molar-refractivity contribution in [3.63, 3.8) is 0 Å². The number of H-pyrrole nitrogens is 2. The minimum atomic E-state index is -0.304. The first-order valence-electron chi connectivity index (χ1n) is 7.26. The van der Waals surface area contributed by atoms with Crippen LogP contribution in [0.1, 0.15) is 30.8 Å². The maximum absolute atomic E-state index is 11.1. The highest BCUT2D eigenvalue weighted by Crippen LogP contribution is 2.37. The van der Waals surface area contributed by atoms with Gasteiger partial charge in [-0.05, 0) is 48.9 Å². The summed E-state index contributed by atoms with van der Waals surface area (Å²) in [5.41, 5.74) is 3.87. The highest BCUT2D eigenvalue weighted by molar-refractivity contribution is 5.88. The molecule has 0 saturated carbocycles. The average Bonchev–Trinajstić information content (AvgIpc) is 3.20. The summed E-state index contributed by atoms with van der Waals surface area (Å²) in [5.74, 6) is -0.0655. The Hall–Kier alpha value is -2.75. The highest BCUT2D eigenvalue weighted by Gasteiger charge is 2.32. The van der Waals surface area contributed by atoms with Crippen LogP contribution in [0, 0.1) is 0 Å². The molecule has 22 heavy (non-hydrogen) atoms. The monoisotopic (exact) mass is 293 g/mol. The van der Waals surface area contributed by atoms with E-state index >= 15 is 0 Å². The van der Waals surface area contributed by atoms with Crippen LogP contribution < -0.4 is 5.32 Å². The fourth-order valence-corrected chi connectivity index (χ4v) is 2.83. The maximum Gasteiger partial charge on any atom is 0.221 e. The number of hydrogen-bond acceptors (Lipinski definition) is 1. The molecule has 0 aliphatic rings. The van der Waals surface area contributed by atoms with Gasteiger partial charge in [0.2, 0.25) is 5.91 Å². The Kier molecular flexibility index (Phi) is 3.59. The van der Waals surface area contributed by atoms with E-state index < -0.39 is 0 Å². The summed E-state index contributed by atoms with van der Waals surface area (Å²) in [5, 5.41) is 2.80. The van der Waals surface area contributed by atoms with Crippen molar-refractivity contribution in [1.29, 1.82) is 0 Å². The second kappa shape index (κ2) is 5.56.